The first-order valence-corrected chi connectivity index (χ1v) is 7.80. The topological polar surface area (TPSA) is 41.1 Å². The van der Waals surface area contributed by atoms with Crippen molar-refractivity contribution in [2.45, 2.75) is 52.5 Å². The van der Waals surface area contributed by atoms with Crippen molar-refractivity contribution in [3.05, 3.63) is 28.8 Å². The molecule has 0 bridgehead atoms. The zero-order valence-electron chi connectivity index (χ0n) is 12.6. The molecule has 1 atom stereocenters. The second kappa shape index (κ2) is 8.85. The Hall–Kier alpha value is -1.22. The van der Waals surface area contributed by atoms with Gasteiger partial charge in [0, 0.05) is 23.3 Å². The number of halogens is 1. The zero-order chi connectivity index (χ0) is 15.0. The number of hydrogen-bond donors (Lipinski definition) is 2. The van der Waals surface area contributed by atoms with Crippen LogP contribution in [0.1, 0.15) is 56.8 Å². The Morgan fingerprint density at radius 3 is 2.70 bits per heavy atom. The summed E-state index contributed by atoms with van der Waals surface area (Å²) in [7, 11) is 0. The van der Waals surface area contributed by atoms with Gasteiger partial charge in [0.05, 0.1) is 5.56 Å². The first kappa shape index (κ1) is 16.8. The molecule has 0 saturated carbocycles. The van der Waals surface area contributed by atoms with Crippen molar-refractivity contribution in [1.82, 2.24) is 5.32 Å². The Morgan fingerprint density at radius 2 is 2.05 bits per heavy atom. The number of amides is 1. The van der Waals surface area contributed by atoms with Gasteiger partial charge >= 0.3 is 0 Å². The molecule has 2 N–H and O–H groups in total. The summed E-state index contributed by atoms with van der Waals surface area (Å²) in [5, 5.41) is 6.89. The molecule has 0 aliphatic carbocycles. The molecule has 0 heterocycles. The number of rotatable bonds is 8. The Balaban J connectivity index is 2.76. The zero-order valence-corrected chi connectivity index (χ0v) is 13.4. The van der Waals surface area contributed by atoms with Crippen molar-refractivity contribution in [1.29, 1.82) is 0 Å². The molecule has 0 aliphatic heterocycles. The SMILES string of the molecule is CCCCC(C)NC(=O)c1cc(Cl)ccc1NCCC. The van der Waals surface area contributed by atoms with Gasteiger partial charge in [-0.3, -0.25) is 4.79 Å². The molecule has 1 aromatic carbocycles. The molecule has 0 aliphatic rings. The van der Waals surface area contributed by atoms with E-state index in [1.165, 1.54) is 0 Å². The van der Waals surface area contributed by atoms with Crippen molar-refractivity contribution >= 4 is 23.2 Å². The summed E-state index contributed by atoms with van der Waals surface area (Å²) >= 11 is 6.01. The van der Waals surface area contributed by atoms with Gasteiger partial charge in [0.15, 0.2) is 0 Å². The lowest BCUT2D eigenvalue weighted by molar-refractivity contribution is 0.0939. The minimum Gasteiger partial charge on any atom is -0.384 e. The highest BCUT2D eigenvalue weighted by atomic mass is 35.5. The maximum absolute atomic E-state index is 12.3. The molecule has 0 aromatic heterocycles. The molecule has 112 valence electrons. The second-order valence-corrected chi connectivity index (χ2v) is 5.57. The minimum absolute atomic E-state index is 0.0605. The molecule has 0 radical (unpaired) electrons. The maximum Gasteiger partial charge on any atom is 0.253 e. The van der Waals surface area contributed by atoms with Crippen LogP contribution in [0.25, 0.3) is 0 Å². The number of unbranched alkanes of at least 4 members (excludes halogenated alkanes) is 1. The number of carbonyl (C=O) groups excluding carboxylic acids is 1. The summed E-state index contributed by atoms with van der Waals surface area (Å²) in [5.41, 5.74) is 1.46. The third kappa shape index (κ3) is 5.41. The Morgan fingerprint density at radius 1 is 1.30 bits per heavy atom. The number of anilines is 1. The van der Waals surface area contributed by atoms with Gasteiger partial charge in [0.25, 0.3) is 5.91 Å². The lowest BCUT2D eigenvalue weighted by Crippen LogP contribution is -2.33. The fourth-order valence-corrected chi connectivity index (χ4v) is 2.17. The van der Waals surface area contributed by atoms with Gasteiger partial charge < -0.3 is 10.6 Å². The van der Waals surface area contributed by atoms with E-state index in [4.69, 9.17) is 11.6 Å². The average Bonchev–Trinajstić information content (AvgIpc) is 2.43. The van der Waals surface area contributed by atoms with E-state index < -0.39 is 0 Å². The monoisotopic (exact) mass is 296 g/mol. The van der Waals surface area contributed by atoms with Crippen molar-refractivity contribution in [2.24, 2.45) is 0 Å². The summed E-state index contributed by atoms with van der Waals surface area (Å²) in [6.45, 7) is 7.12. The molecule has 1 rings (SSSR count). The molecular weight excluding hydrogens is 272 g/mol. The van der Waals surface area contributed by atoms with E-state index in [1.807, 2.05) is 13.0 Å². The Kier molecular flexibility index (Phi) is 7.45. The van der Waals surface area contributed by atoms with E-state index in [1.54, 1.807) is 12.1 Å². The highest BCUT2D eigenvalue weighted by Crippen LogP contribution is 2.21. The smallest absolute Gasteiger partial charge is 0.253 e. The number of nitrogens with one attached hydrogen (secondary N) is 2. The van der Waals surface area contributed by atoms with Gasteiger partial charge in [-0.1, -0.05) is 38.3 Å². The summed E-state index contributed by atoms with van der Waals surface area (Å²) in [6, 6.07) is 5.57. The van der Waals surface area contributed by atoms with Crippen LogP contribution in [0.5, 0.6) is 0 Å². The van der Waals surface area contributed by atoms with Crippen molar-refractivity contribution in [3.8, 4) is 0 Å². The Bertz CT molecular complexity index is 434. The summed E-state index contributed by atoms with van der Waals surface area (Å²) in [5.74, 6) is -0.0605. The lowest BCUT2D eigenvalue weighted by atomic mass is 10.1. The molecule has 1 amide bonds. The van der Waals surface area contributed by atoms with E-state index in [-0.39, 0.29) is 11.9 Å². The maximum atomic E-state index is 12.3. The summed E-state index contributed by atoms with van der Waals surface area (Å²) < 4.78 is 0. The van der Waals surface area contributed by atoms with Crippen LogP contribution in [0.15, 0.2) is 18.2 Å². The van der Waals surface area contributed by atoms with Crippen molar-refractivity contribution < 1.29 is 4.79 Å². The van der Waals surface area contributed by atoms with E-state index in [2.05, 4.69) is 24.5 Å². The summed E-state index contributed by atoms with van der Waals surface area (Å²) in [4.78, 5) is 12.3. The molecule has 0 fully saturated rings. The van der Waals surface area contributed by atoms with Crippen LogP contribution in [0, 0.1) is 0 Å². The van der Waals surface area contributed by atoms with Crippen molar-refractivity contribution in [2.75, 3.05) is 11.9 Å². The molecule has 1 unspecified atom stereocenters. The van der Waals surface area contributed by atoms with Crippen LogP contribution in [0.3, 0.4) is 0 Å². The predicted molar refractivity (Wildman–Crippen MR) is 86.7 cm³/mol. The van der Waals surface area contributed by atoms with E-state index >= 15 is 0 Å². The number of carbonyl (C=O) groups is 1. The molecule has 0 saturated heterocycles. The largest absolute Gasteiger partial charge is 0.384 e. The van der Waals surface area contributed by atoms with Crippen molar-refractivity contribution in [3.63, 3.8) is 0 Å². The Labute approximate surface area is 127 Å². The van der Waals surface area contributed by atoms with Gasteiger partial charge in [-0.15, -0.1) is 0 Å². The van der Waals surface area contributed by atoms with E-state index in [0.29, 0.717) is 10.6 Å². The highest BCUT2D eigenvalue weighted by Gasteiger charge is 2.14. The van der Waals surface area contributed by atoms with E-state index in [0.717, 1.165) is 37.9 Å². The van der Waals surface area contributed by atoms with Crippen LogP contribution < -0.4 is 10.6 Å². The van der Waals surface area contributed by atoms with Gasteiger partial charge in [0.2, 0.25) is 0 Å². The van der Waals surface area contributed by atoms with Crippen LogP contribution in [-0.2, 0) is 0 Å². The third-order valence-corrected chi connectivity index (χ3v) is 3.39. The van der Waals surface area contributed by atoms with Crippen LogP contribution >= 0.6 is 11.6 Å². The quantitative estimate of drug-likeness (QED) is 0.743. The van der Waals surface area contributed by atoms with E-state index in [9.17, 15) is 4.79 Å². The molecule has 3 nitrogen and oxygen atoms in total. The minimum atomic E-state index is -0.0605. The molecular formula is C16H25ClN2O. The lowest BCUT2D eigenvalue weighted by Gasteiger charge is -2.16. The fourth-order valence-electron chi connectivity index (χ4n) is 2.00. The fraction of sp³-hybridized carbons (Fsp3) is 0.562. The highest BCUT2D eigenvalue weighted by molar-refractivity contribution is 6.31. The van der Waals surface area contributed by atoms with Gasteiger partial charge in [0.1, 0.15) is 0 Å². The molecule has 0 spiro atoms. The number of hydrogen-bond acceptors (Lipinski definition) is 2. The second-order valence-electron chi connectivity index (χ2n) is 5.13. The van der Waals surface area contributed by atoms with Gasteiger partial charge in [-0.05, 0) is 38.0 Å². The van der Waals surface area contributed by atoms with Crippen LogP contribution in [-0.4, -0.2) is 18.5 Å². The van der Waals surface area contributed by atoms with Gasteiger partial charge in [-0.2, -0.15) is 0 Å². The first-order chi connectivity index (χ1) is 9.58. The normalized spacial score (nSPS) is 12.0. The van der Waals surface area contributed by atoms with Gasteiger partial charge in [-0.25, -0.2) is 0 Å². The number of benzene rings is 1. The third-order valence-electron chi connectivity index (χ3n) is 3.16. The first-order valence-electron chi connectivity index (χ1n) is 7.42. The average molecular weight is 297 g/mol. The van der Waals surface area contributed by atoms with Crippen LogP contribution in [0.4, 0.5) is 5.69 Å². The standard InChI is InChI=1S/C16H25ClN2O/c1-4-6-7-12(3)19-16(20)14-11-13(17)8-9-15(14)18-10-5-2/h8-9,11-12,18H,4-7,10H2,1-3H3,(H,19,20). The molecule has 4 heteroatoms. The molecule has 1 aromatic rings. The van der Waals surface area contributed by atoms with Crippen LogP contribution in [0.2, 0.25) is 5.02 Å². The summed E-state index contributed by atoms with van der Waals surface area (Å²) in [6.07, 6.45) is 4.27. The molecule has 20 heavy (non-hydrogen) atoms. The predicted octanol–water partition coefficient (Wildman–Crippen LogP) is 4.47.